The standard InChI is InChI=1S/C60H82N14O14/c1-33(2)22-43(50(79)26-37(14-11-21-65-59(63)64-4)54(83)70-45(53(62)82)25-38-29-66-42-16-10-9-15-41(38)42)72-60(88)67-30-51(80)44(23-35-12-7-6-8-13-35)69-56(85)49(32-75)73(5)57(86)47(28-52(61)81)71-55(84)48-27-40(78)31-74(48)58(87)46(68-34(3)76)24-36-17-19-39(77)20-18-36/h6-10,12-13,15-20,29,33,37,40,43-49,66,75,77-78H,11,14,21-28,30-32H2,1-5H3,(H2,61,81)(H2,62,82)(H,68,76)(H,69,85)(H,70,83)(H,71,84)(H3,63,64,65)(H2,67,72,88)/t37-,40-,43+,44+,45+,46-,47+,48+,49+/m1/s1. The van der Waals surface area contributed by atoms with Crippen molar-refractivity contribution in [2.75, 3.05) is 40.3 Å². The Morgan fingerprint density at radius 2 is 1.39 bits per heavy atom. The van der Waals surface area contributed by atoms with Gasteiger partial charge in [-0.05, 0) is 66.5 Å². The second kappa shape index (κ2) is 33.5. The maximum atomic E-state index is 14.3. The lowest BCUT2D eigenvalue weighted by Gasteiger charge is -2.32. The van der Waals surface area contributed by atoms with Crippen molar-refractivity contribution in [3.63, 3.8) is 0 Å². The number of aromatic nitrogens is 1. The van der Waals surface area contributed by atoms with Crippen LogP contribution in [-0.4, -0.2) is 190 Å². The van der Waals surface area contributed by atoms with E-state index in [1.165, 1.54) is 38.2 Å². The van der Waals surface area contributed by atoms with Crippen LogP contribution in [-0.2, 0) is 67.2 Å². The summed E-state index contributed by atoms with van der Waals surface area (Å²) in [5.74, 6) is -9.40. The van der Waals surface area contributed by atoms with Gasteiger partial charge >= 0.3 is 6.03 Å². The van der Waals surface area contributed by atoms with Crippen LogP contribution in [0.1, 0.15) is 76.0 Å². The van der Waals surface area contributed by atoms with Gasteiger partial charge in [-0.15, -0.1) is 0 Å². The molecule has 88 heavy (non-hydrogen) atoms. The number of aromatic hydroxyl groups is 1. The predicted molar refractivity (Wildman–Crippen MR) is 323 cm³/mol. The Balaban J connectivity index is 1.28. The molecule has 2 heterocycles. The normalized spacial score (nSPS) is 16.4. The third-order valence-electron chi connectivity index (χ3n) is 14.9. The molecule has 0 bridgehead atoms. The van der Waals surface area contributed by atoms with E-state index in [0.29, 0.717) is 17.5 Å². The number of amides is 10. The van der Waals surface area contributed by atoms with Gasteiger partial charge in [0.2, 0.25) is 47.3 Å². The summed E-state index contributed by atoms with van der Waals surface area (Å²) in [6.45, 7) is 2.97. The summed E-state index contributed by atoms with van der Waals surface area (Å²) in [7, 11) is 2.58. The molecule has 28 heteroatoms. The molecule has 17 N–H and O–H groups in total. The Kier molecular flexibility index (Phi) is 26.4. The van der Waals surface area contributed by atoms with Gasteiger partial charge in [0.05, 0.1) is 37.8 Å². The van der Waals surface area contributed by atoms with Crippen molar-refractivity contribution in [2.24, 2.45) is 34.0 Å². The lowest BCUT2D eigenvalue weighted by atomic mass is 9.90. The number of likely N-dealkylation sites (N-methyl/N-ethyl adjacent to an activating group) is 1. The Morgan fingerprint density at radius 3 is 2.02 bits per heavy atom. The van der Waals surface area contributed by atoms with E-state index < -0.39 is 139 Å². The fraction of sp³-hybridized carbons (Fsp3) is 0.467. The molecule has 0 saturated carbocycles. The first-order valence-corrected chi connectivity index (χ1v) is 28.8. The molecular formula is C60H82N14O14. The highest BCUT2D eigenvalue weighted by atomic mass is 16.3. The lowest BCUT2D eigenvalue weighted by Crippen LogP contribution is -2.60. The number of aliphatic hydroxyl groups is 2. The predicted octanol–water partition coefficient (Wildman–Crippen LogP) is -1.83. The molecule has 3 aromatic carbocycles. The Bertz CT molecular complexity index is 3140. The maximum Gasteiger partial charge on any atom is 0.315 e. The van der Waals surface area contributed by atoms with Crippen molar-refractivity contribution in [2.45, 2.75) is 127 Å². The minimum absolute atomic E-state index is 0.0435. The number of rotatable bonds is 33. The van der Waals surface area contributed by atoms with Crippen molar-refractivity contribution in [1.82, 2.24) is 52.0 Å². The van der Waals surface area contributed by atoms with Gasteiger partial charge in [-0.3, -0.25) is 52.9 Å². The maximum absolute atomic E-state index is 14.3. The number of ketones is 2. The first-order chi connectivity index (χ1) is 41.8. The fourth-order valence-electron chi connectivity index (χ4n) is 10.3. The van der Waals surface area contributed by atoms with Crippen molar-refractivity contribution < 1.29 is 68.1 Å². The number of Topliss-reactive ketones (excluding diaryl/α,β-unsaturated/α-hetero) is 2. The number of aliphatic hydroxyl groups excluding tert-OH is 2. The SMILES string of the molecule is CN=C(N)NCCC[C@H](CC(=O)[C@H](CC(C)C)NC(=O)NCC(=O)[C@H](Cc1ccccc1)NC(=O)[C@H](CO)N(C)C(=O)[C@H](CC(N)=O)NC(=O)[C@@H]1C[C@@H](O)CN1C(=O)[C@@H](Cc1ccc(O)cc1)NC(C)=O)C(=O)N[C@@H](Cc1c[nH]c2ccccc12)C(N)=O. The van der Waals surface area contributed by atoms with Crippen LogP contribution in [0, 0.1) is 11.8 Å². The van der Waals surface area contributed by atoms with Crippen molar-refractivity contribution in [3.05, 3.63) is 102 Å². The molecule has 4 aromatic rings. The van der Waals surface area contributed by atoms with Gasteiger partial charge in [-0.1, -0.05) is 74.5 Å². The van der Waals surface area contributed by atoms with Crippen LogP contribution in [0.5, 0.6) is 5.75 Å². The monoisotopic (exact) mass is 1220 g/mol. The second-order valence-electron chi connectivity index (χ2n) is 22.2. The van der Waals surface area contributed by atoms with Crippen LogP contribution in [0.25, 0.3) is 10.9 Å². The number of hydrogen-bond acceptors (Lipinski definition) is 15. The fourth-order valence-corrected chi connectivity index (χ4v) is 10.3. The first-order valence-electron chi connectivity index (χ1n) is 28.8. The van der Waals surface area contributed by atoms with E-state index in [-0.39, 0.29) is 75.7 Å². The van der Waals surface area contributed by atoms with Crippen LogP contribution < -0.4 is 54.4 Å². The molecule has 1 saturated heterocycles. The van der Waals surface area contributed by atoms with Crippen LogP contribution >= 0.6 is 0 Å². The summed E-state index contributed by atoms with van der Waals surface area (Å²) < 4.78 is 0. The number of β-amino-alcohol motifs (C(OH)–C–C–N with tert-alkyl or cyclic N) is 1. The molecule has 9 atom stereocenters. The number of phenolic OH excluding ortho intramolecular Hbond substituents is 1. The zero-order valence-electron chi connectivity index (χ0n) is 50.0. The molecule has 0 aliphatic carbocycles. The van der Waals surface area contributed by atoms with Crippen LogP contribution in [0.2, 0.25) is 0 Å². The van der Waals surface area contributed by atoms with E-state index in [9.17, 15) is 68.1 Å². The summed E-state index contributed by atoms with van der Waals surface area (Å²) in [6.07, 6.45) is -0.621. The van der Waals surface area contributed by atoms with Crippen molar-refractivity contribution >= 4 is 81.7 Å². The molecule has 1 fully saturated rings. The minimum atomic E-state index is -1.80. The molecule has 0 unspecified atom stereocenters. The number of urea groups is 1. The number of nitrogens with two attached hydrogens (primary N) is 3. The molecule has 1 aromatic heterocycles. The smallest absolute Gasteiger partial charge is 0.315 e. The Hall–Kier alpha value is -9.44. The Morgan fingerprint density at radius 1 is 0.739 bits per heavy atom. The highest BCUT2D eigenvalue weighted by Gasteiger charge is 2.44. The first kappa shape index (κ1) is 69.3. The van der Waals surface area contributed by atoms with Crippen molar-refractivity contribution in [3.8, 4) is 5.75 Å². The average molecular weight is 1220 g/mol. The summed E-state index contributed by atoms with van der Waals surface area (Å²) in [4.78, 5) is 159. The van der Waals surface area contributed by atoms with Gasteiger partial charge in [-0.2, -0.15) is 0 Å². The highest BCUT2D eigenvalue weighted by molar-refractivity contribution is 6.00. The summed E-state index contributed by atoms with van der Waals surface area (Å²) in [5, 5.41) is 50.1. The van der Waals surface area contributed by atoms with Crippen LogP contribution in [0.3, 0.4) is 0 Å². The van der Waals surface area contributed by atoms with Crippen LogP contribution in [0.15, 0.2) is 90.1 Å². The minimum Gasteiger partial charge on any atom is -0.508 e. The van der Waals surface area contributed by atoms with E-state index >= 15 is 0 Å². The molecular weight excluding hydrogens is 1140 g/mol. The number of fused-ring (bicyclic) bond motifs is 1. The molecule has 1 aliphatic rings. The van der Waals surface area contributed by atoms with Crippen molar-refractivity contribution in [1.29, 1.82) is 0 Å². The van der Waals surface area contributed by atoms with Gasteiger partial charge in [0, 0.05) is 82.8 Å². The second-order valence-corrected chi connectivity index (χ2v) is 22.2. The van der Waals surface area contributed by atoms with Gasteiger partial charge in [-0.25, -0.2) is 4.79 Å². The molecule has 10 amide bonds. The van der Waals surface area contributed by atoms with E-state index in [1.807, 2.05) is 38.1 Å². The number of primary amides is 2. The van der Waals surface area contributed by atoms with E-state index in [0.717, 1.165) is 33.3 Å². The number of likely N-dealkylation sites (tertiary alicyclic amines) is 1. The van der Waals surface area contributed by atoms with E-state index in [1.54, 1.807) is 36.5 Å². The largest absolute Gasteiger partial charge is 0.508 e. The van der Waals surface area contributed by atoms with E-state index in [4.69, 9.17) is 17.2 Å². The lowest BCUT2D eigenvalue weighted by molar-refractivity contribution is -0.146. The number of carbonyl (C=O) groups excluding carboxylic acids is 11. The quantitative estimate of drug-likeness (QED) is 0.0142. The number of para-hydroxylation sites is 1. The summed E-state index contributed by atoms with van der Waals surface area (Å²) in [6, 6.07) is 10.6. The Labute approximate surface area is 508 Å². The number of aromatic amines is 1. The number of guanidine groups is 1. The van der Waals surface area contributed by atoms with Gasteiger partial charge in [0.15, 0.2) is 17.5 Å². The zero-order chi connectivity index (χ0) is 64.8. The molecule has 0 radical (unpaired) electrons. The van der Waals surface area contributed by atoms with E-state index in [2.05, 4.69) is 47.2 Å². The van der Waals surface area contributed by atoms with Gasteiger partial charge in [0.1, 0.15) is 36.0 Å². The zero-order valence-corrected chi connectivity index (χ0v) is 50.0. The molecule has 476 valence electrons. The van der Waals surface area contributed by atoms with Gasteiger partial charge < -0.3 is 84.5 Å². The number of hydrogen-bond donors (Lipinski definition) is 14. The number of nitrogens with one attached hydrogen (secondary N) is 8. The molecule has 5 rings (SSSR count). The number of carbonyl (C=O) groups is 11. The topological polar surface area (TPSA) is 445 Å². The third kappa shape index (κ3) is 20.9. The van der Waals surface area contributed by atoms with Gasteiger partial charge in [0.25, 0.3) is 0 Å². The number of aliphatic imine (C=N–C) groups is 1. The molecule has 28 nitrogen and oxygen atoms in total. The molecule has 0 spiro atoms. The number of phenols is 1. The third-order valence-corrected chi connectivity index (χ3v) is 14.9. The van der Waals surface area contributed by atoms with Crippen LogP contribution in [0.4, 0.5) is 4.79 Å². The number of H-pyrrole nitrogens is 1. The average Bonchev–Trinajstić information content (AvgIpc) is 1.98. The number of benzene rings is 3. The summed E-state index contributed by atoms with van der Waals surface area (Å²) in [5.41, 5.74) is 19.8. The molecule has 1 aliphatic heterocycles. The summed E-state index contributed by atoms with van der Waals surface area (Å²) >= 11 is 0. The number of nitrogens with zero attached hydrogens (tertiary/aromatic N) is 3. The highest BCUT2D eigenvalue weighted by Crippen LogP contribution is 2.24.